The highest BCUT2D eigenvalue weighted by Crippen LogP contribution is 2.59. The molecule has 0 bridgehead atoms. The van der Waals surface area contributed by atoms with Gasteiger partial charge < -0.3 is 5.73 Å². The molecule has 2 atom stereocenters. The van der Waals surface area contributed by atoms with Crippen molar-refractivity contribution in [1.82, 2.24) is 4.98 Å². The van der Waals surface area contributed by atoms with Gasteiger partial charge in [-0.1, -0.05) is 32.0 Å². The SMILES string of the molecule is CC1(C)CC1c1cccnc1[C@@H](N)c1ccc(C(F)(F)F)cc1. The van der Waals surface area contributed by atoms with Crippen molar-refractivity contribution in [2.75, 3.05) is 0 Å². The smallest absolute Gasteiger partial charge is 0.319 e. The van der Waals surface area contributed by atoms with E-state index in [0.717, 1.165) is 29.8 Å². The maximum absolute atomic E-state index is 12.7. The first-order valence-corrected chi connectivity index (χ1v) is 7.58. The third-order valence-corrected chi connectivity index (χ3v) is 4.65. The molecular formula is C18H19F3N2. The van der Waals surface area contributed by atoms with Crippen molar-refractivity contribution in [3.05, 3.63) is 65.0 Å². The summed E-state index contributed by atoms with van der Waals surface area (Å²) in [4.78, 5) is 4.41. The van der Waals surface area contributed by atoms with Crippen LogP contribution >= 0.6 is 0 Å². The van der Waals surface area contributed by atoms with Gasteiger partial charge in [-0.05, 0) is 47.1 Å². The number of hydrogen-bond donors (Lipinski definition) is 1. The summed E-state index contributed by atoms with van der Waals surface area (Å²) >= 11 is 0. The summed E-state index contributed by atoms with van der Waals surface area (Å²) in [7, 11) is 0. The quantitative estimate of drug-likeness (QED) is 0.893. The molecule has 1 aromatic carbocycles. The first-order valence-electron chi connectivity index (χ1n) is 7.58. The van der Waals surface area contributed by atoms with E-state index in [1.54, 1.807) is 6.20 Å². The van der Waals surface area contributed by atoms with Crippen LogP contribution in [0.4, 0.5) is 13.2 Å². The fraction of sp³-hybridized carbons (Fsp3) is 0.389. The first kappa shape index (κ1) is 16.0. The molecule has 3 rings (SSSR count). The van der Waals surface area contributed by atoms with Gasteiger partial charge in [-0.3, -0.25) is 4.98 Å². The summed E-state index contributed by atoms with van der Waals surface area (Å²) in [5.74, 6) is 0.409. The number of benzene rings is 1. The van der Waals surface area contributed by atoms with E-state index in [0.29, 0.717) is 11.5 Å². The number of pyridine rings is 1. The van der Waals surface area contributed by atoms with E-state index in [9.17, 15) is 13.2 Å². The second-order valence-corrected chi connectivity index (χ2v) is 6.82. The number of halogens is 3. The highest BCUT2D eigenvalue weighted by atomic mass is 19.4. The fourth-order valence-corrected chi connectivity index (χ4v) is 3.02. The van der Waals surface area contributed by atoms with Crippen molar-refractivity contribution in [2.24, 2.45) is 11.1 Å². The van der Waals surface area contributed by atoms with Gasteiger partial charge in [0.25, 0.3) is 0 Å². The minimum absolute atomic E-state index is 0.234. The van der Waals surface area contributed by atoms with Gasteiger partial charge in [0.15, 0.2) is 0 Å². The second kappa shape index (κ2) is 5.34. The van der Waals surface area contributed by atoms with E-state index in [4.69, 9.17) is 5.73 Å². The summed E-state index contributed by atoms with van der Waals surface area (Å²) in [5.41, 5.74) is 8.34. The molecule has 0 saturated heterocycles. The maximum atomic E-state index is 12.7. The molecule has 0 spiro atoms. The lowest BCUT2D eigenvalue weighted by molar-refractivity contribution is -0.137. The zero-order valence-corrected chi connectivity index (χ0v) is 13.1. The predicted octanol–water partition coefficient (Wildman–Crippen LogP) is 4.66. The molecule has 2 N–H and O–H groups in total. The molecule has 0 aliphatic heterocycles. The molecule has 2 nitrogen and oxygen atoms in total. The van der Waals surface area contributed by atoms with E-state index in [1.165, 1.54) is 12.1 Å². The van der Waals surface area contributed by atoms with Crippen LogP contribution in [-0.2, 0) is 6.18 Å². The topological polar surface area (TPSA) is 38.9 Å². The largest absolute Gasteiger partial charge is 0.416 e. The number of nitrogens with two attached hydrogens (primary N) is 1. The molecule has 122 valence electrons. The lowest BCUT2D eigenvalue weighted by Gasteiger charge is -2.17. The van der Waals surface area contributed by atoms with Crippen molar-refractivity contribution in [3.63, 3.8) is 0 Å². The average Bonchev–Trinajstić information content (AvgIpc) is 3.14. The molecule has 23 heavy (non-hydrogen) atoms. The van der Waals surface area contributed by atoms with E-state index in [-0.39, 0.29) is 5.41 Å². The third-order valence-electron chi connectivity index (χ3n) is 4.65. The Morgan fingerprint density at radius 3 is 2.30 bits per heavy atom. The van der Waals surface area contributed by atoms with Crippen molar-refractivity contribution >= 4 is 0 Å². The van der Waals surface area contributed by atoms with Crippen LogP contribution in [0.15, 0.2) is 42.6 Å². The van der Waals surface area contributed by atoms with Gasteiger partial charge in [-0.15, -0.1) is 0 Å². The lowest BCUT2D eigenvalue weighted by Crippen LogP contribution is -2.16. The summed E-state index contributed by atoms with van der Waals surface area (Å²) in [6.07, 6.45) is -1.58. The maximum Gasteiger partial charge on any atom is 0.416 e. The Kier molecular flexibility index (Phi) is 3.71. The average molecular weight is 320 g/mol. The Bertz CT molecular complexity index is 705. The standard InChI is InChI=1S/C18H19F3N2/c1-17(2)10-14(17)13-4-3-9-23-16(13)15(22)11-5-7-12(8-6-11)18(19,20)21/h3-9,14-15H,10,22H2,1-2H3/t14?,15-/m0/s1. The van der Waals surface area contributed by atoms with Gasteiger partial charge >= 0.3 is 6.18 Å². The number of aromatic nitrogens is 1. The molecular weight excluding hydrogens is 301 g/mol. The van der Waals surface area contributed by atoms with E-state index in [2.05, 4.69) is 18.8 Å². The predicted molar refractivity (Wildman–Crippen MR) is 82.9 cm³/mol. The van der Waals surface area contributed by atoms with Gasteiger partial charge in [-0.25, -0.2) is 0 Å². The summed E-state index contributed by atoms with van der Waals surface area (Å²) in [6, 6.07) is 8.38. The van der Waals surface area contributed by atoms with E-state index >= 15 is 0 Å². The van der Waals surface area contributed by atoms with E-state index in [1.807, 2.05) is 12.1 Å². The molecule has 1 unspecified atom stereocenters. The first-order chi connectivity index (χ1) is 10.7. The Morgan fingerprint density at radius 2 is 1.78 bits per heavy atom. The Balaban J connectivity index is 1.91. The van der Waals surface area contributed by atoms with Crippen LogP contribution in [0.1, 0.15) is 54.6 Å². The summed E-state index contributed by atoms with van der Waals surface area (Å²) in [6.45, 7) is 4.39. The van der Waals surface area contributed by atoms with E-state index < -0.39 is 17.8 Å². The fourth-order valence-electron chi connectivity index (χ4n) is 3.02. The minimum Gasteiger partial charge on any atom is -0.319 e. The molecule has 2 aromatic rings. The van der Waals surface area contributed by atoms with Crippen molar-refractivity contribution < 1.29 is 13.2 Å². The highest BCUT2D eigenvalue weighted by Gasteiger charge is 2.47. The monoisotopic (exact) mass is 320 g/mol. The third kappa shape index (κ3) is 3.11. The van der Waals surface area contributed by atoms with Gasteiger partial charge in [0.2, 0.25) is 0 Å². The molecule has 0 amide bonds. The van der Waals surface area contributed by atoms with Crippen LogP contribution < -0.4 is 5.73 Å². The van der Waals surface area contributed by atoms with Gasteiger partial charge in [0, 0.05) is 6.20 Å². The molecule has 1 heterocycles. The normalized spacial score (nSPS) is 21.0. The minimum atomic E-state index is -4.34. The molecule has 1 aliphatic carbocycles. The van der Waals surface area contributed by atoms with Gasteiger partial charge in [0.1, 0.15) is 0 Å². The lowest BCUT2D eigenvalue weighted by atomic mass is 9.94. The number of alkyl halides is 3. The number of rotatable bonds is 3. The van der Waals surface area contributed by atoms with Crippen LogP contribution in [0.5, 0.6) is 0 Å². The Hall–Kier alpha value is -1.88. The van der Waals surface area contributed by atoms with Crippen LogP contribution in [0.25, 0.3) is 0 Å². The number of nitrogens with zero attached hydrogens (tertiary/aromatic N) is 1. The zero-order valence-electron chi connectivity index (χ0n) is 13.1. The van der Waals surface area contributed by atoms with Gasteiger partial charge in [0.05, 0.1) is 17.3 Å². The van der Waals surface area contributed by atoms with Crippen LogP contribution in [0, 0.1) is 5.41 Å². The molecule has 1 saturated carbocycles. The molecule has 1 aliphatic rings. The van der Waals surface area contributed by atoms with Crippen LogP contribution in [0.2, 0.25) is 0 Å². The van der Waals surface area contributed by atoms with Crippen molar-refractivity contribution in [2.45, 2.75) is 38.4 Å². The second-order valence-electron chi connectivity index (χ2n) is 6.82. The van der Waals surface area contributed by atoms with Crippen molar-refractivity contribution in [1.29, 1.82) is 0 Å². The highest BCUT2D eigenvalue weighted by molar-refractivity contribution is 5.39. The van der Waals surface area contributed by atoms with Crippen LogP contribution in [-0.4, -0.2) is 4.98 Å². The zero-order chi connectivity index (χ0) is 16.8. The van der Waals surface area contributed by atoms with Gasteiger partial charge in [-0.2, -0.15) is 13.2 Å². The summed E-state index contributed by atoms with van der Waals surface area (Å²) in [5, 5.41) is 0. The number of hydrogen-bond acceptors (Lipinski definition) is 2. The Labute approximate surface area is 133 Å². The molecule has 1 fully saturated rings. The molecule has 1 aromatic heterocycles. The Morgan fingerprint density at radius 1 is 1.17 bits per heavy atom. The van der Waals surface area contributed by atoms with Crippen LogP contribution in [0.3, 0.4) is 0 Å². The molecule has 5 heteroatoms. The molecule has 0 radical (unpaired) electrons. The summed E-state index contributed by atoms with van der Waals surface area (Å²) < 4.78 is 38.0. The van der Waals surface area contributed by atoms with Crippen molar-refractivity contribution in [3.8, 4) is 0 Å².